The molecular formula is C10H10N2O2S. The molecule has 15 heavy (non-hydrogen) atoms. The number of fused-ring (bicyclic) bond motifs is 1. The highest BCUT2D eigenvalue weighted by Crippen LogP contribution is 2.19. The fourth-order valence-corrected chi connectivity index (χ4v) is 1.79. The minimum Gasteiger partial charge on any atom is -0.390 e. The maximum absolute atomic E-state index is 11.2. The van der Waals surface area contributed by atoms with Crippen LogP contribution in [0, 0.1) is 6.92 Å². The third kappa shape index (κ3) is 1.59. The molecule has 2 heterocycles. The molecule has 2 aromatic heterocycles. The number of hydrogen-bond acceptors (Lipinski definition) is 4. The van der Waals surface area contributed by atoms with Crippen molar-refractivity contribution in [3.8, 4) is 0 Å². The van der Waals surface area contributed by atoms with Crippen LogP contribution in [0.5, 0.6) is 0 Å². The number of aryl methyl sites for hydroxylation is 2. The molecule has 0 aliphatic heterocycles. The van der Waals surface area contributed by atoms with Gasteiger partial charge in [-0.25, -0.2) is 9.78 Å². The van der Waals surface area contributed by atoms with Gasteiger partial charge in [0.25, 0.3) is 0 Å². The standard InChI is InChI=1S/C10H10N2O2S/c1-6-9-7(3-4-12(9)2)5-8(11-6)10(13)14-15/h3-5,15H,1-2H3. The topological polar surface area (TPSA) is 44.1 Å². The lowest BCUT2D eigenvalue weighted by molar-refractivity contribution is 0.0766. The van der Waals surface area contributed by atoms with E-state index in [1.165, 1.54) is 0 Å². The zero-order valence-electron chi connectivity index (χ0n) is 8.39. The molecule has 0 saturated carbocycles. The molecule has 0 bridgehead atoms. The Labute approximate surface area is 92.5 Å². The third-order valence-electron chi connectivity index (χ3n) is 2.32. The molecule has 0 saturated heterocycles. The average molecular weight is 222 g/mol. The van der Waals surface area contributed by atoms with E-state index in [4.69, 9.17) is 0 Å². The lowest BCUT2D eigenvalue weighted by atomic mass is 10.2. The number of hydrogen-bond donors (Lipinski definition) is 1. The van der Waals surface area contributed by atoms with E-state index in [1.807, 2.05) is 30.8 Å². The number of thiol groups is 1. The molecule has 0 aromatic carbocycles. The van der Waals surface area contributed by atoms with E-state index < -0.39 is 5.97 Å². The summed E-state index contributed by atoms with van der Waals surface area (Å²) in [6.45, 7) is 1.86. The second-order valence-electron chi connectivity index (χ2n) is 3.34. The van der Waals surface area contributed by atoms with Crippen molar-refractivity contribution in [1.29, 1.82) is 0 Å². The van der Waals surface area contributed by atoms with Crippen LogP contribution >= 0.6 is 12.9 Å². The Balaban J connectivity index is 2.68. The molecule has 5 heteroatoms. The van der Waals surface area contributed by atoms with Crippen molar-refractivity contribution in [2.75, 3.05) is 0 Å². The number of pyridine rings is 1. The zero-order valence-corrected chi connectivity index (χ0v) is 9.28. The fourth-order valence-electron chi connectivity index (χ4n) is 1.69. The van der Waals surface area contributed by atoms with Crippen molar-refractivity contribution < 1.29 is 8.98 Å². The predicted molar refractivity (Wildman–Crippen MR) is 59.9 cm³/mol. The van der Waals surface area contributed by atoms with Crippen molar-refractivity contribution in [3.63, 3.8) is 0 Å². The van der Waals surface area contributed by atoms with Gasteiger partial charge in [0.05, 0.1) is 11.2 Å². The molecule has 2 rings (SSSR count). The molecule has 0 aliphatic carbocycles. The van der Waals surface area contributed by atoms with Crippen LogP contribution in [-0.4, -0.2) is 15.5 Å². The molecule has 0 radical (unpaired) electrons. The molecule has 78 valence electrons. The summed E-state index contributed by atoms with van der Waals surface area (Å²) in [6.07, 6.45) is 1.93. The van der Waals surface area contributed by atoms with Crippen LogP contribution in [0.2, 0.25) is 0 Å². The monoisotopic (exact) mass is 222 g/mol. The third-order valence-corrected chi connectivity index (χ3v) is 2.48. The van der Waals surface area contributed by atoms with E-state index in [2.05, 4.69) is 22.1 Å². The van der Waals surface area contributed by atoms with Gasteiger partial charge in [-0.2, -0.15) is 0 Å². The Hall–Kier alpha value is -1.49. The van der Waals surface area contributed by atoms with Crippen LogP contribution in [0.4, 0.5) is 0 Å². The van der Waals surface area contributed by atoms with E-state index in [9.17, 15) is 4.79 Å². The summed E-state index contributed by atoms with van der Waals surface area (Å²) >= 11 is 3.47. The summed E-state index contributed by atoms with van der Waals surface area (Å²) in [5, 5.41) is 0.971. The van der Waals surface area contributed by atoms with Crippen LogP contribution in [0.15, 0.2) is 18.3 Å². The van der Waals surface area contributed by atoms with E-state index in [-0.39, 0.29) is 5.69 Å². The molecular weight excluding hydrogens is 212 g/mol. The van der Waals surface area contributed by atoms with Crippen molar-refractivity contribution in [2.45, 2.75) is 6.92 Å². The van der Waals surface area contributed by atoms with Gasteiger partial charge < -0.3 is 8.75 Å². The van der Waals surface area contributed by atoms with Crippen molar-refractivity contribution >= 4 is 29.8 Å². The lowest BCUT2D eigenvalue weighted by Gasteiger charge is -2.03. The zero-order chi connectivity index (χ0) is 11.0. The van der Waals surface area contributed by atoms with Crippen LogP contribution < -0.4 is 0 Å². The van der Waals surface area contributed by atoms with E-state index in [0.717, 1.165) is 16.6 Å². The molecule has 2 aromatic rings. The summed E-state index contributed by atoms with van der Waals surface area (Å²) in [5.41, 5.74) is 2.10. The number of nitrogens with zero attached hydrogens (tertiary/aromatic N) is 2. The largest absolute Gasteiger partial charge is 0.390 e. The van der Waals surface area contributed by atoms with Crippen LogP contribution in [0.1, 0.15) is 16.2 Å². The van der Waals surface area contributed by atoms with Gasteiger partial charge in [0.2, 0.25) is 0 Å². The molecule has 0 N–H and O–H groups in total. The summed E-state index contributed by atoms with van der Waals surface area (Å²) in [6, 6.07) is 3.63. The van der Waals surface area contributed by atoms with Gasteiger partial charge >= 0.3 is 5.97 Å². The van der Waals surface area contributed by atoms with Gasteiger partial charge in [0.15, 0.2) is 0 Å². The first-order chi connectivity index (χ1) is 7.13. The molecule has 0 unspecified atom stereocenters. The van der Waals surface area contributed by atoms with Gasteiger partial charge in [0, 0.05) is 31.5 Å². The van der Waals surface area contributed by atoms with Gasteiger partial charge in [-0.15, -0.1) is 0 Å². The first-order valence-corrected chi connectivity index (χ1v) is 4.78. The van der Waals surface area contributed by atoms with Crippen LogP contribution in [-0.2, 0) is 11.2 Å². The van der Waals surface area contributed by atoms with Gasteiger partial charge in [0.1, 0.15) is 5.69 Å². The van der Waals surface area contributed by atoms with Crippen molar-refractivity contribution in [1.82, 2.24) is 9.55 Å². The van der Waals surface area contributed by atoms with Gasteiger partial charge in [-0.3, -0.25) is 0 Å². The minimum atomic E-state index is -0.535. The molecule has 0 fully saturated rings. The van der Waals surface area contributed by atoms with Crippen molar-refractivity contribution in [2.24, 2.45) is 7.05 Å². The van der Waals surface area contributed by atoms with E-state index in [1.54, 1.807) is 6.07 Å². The molecule has 0 atom stereocenters. The van der Waals surface area contributed by atoms with Crippen molar-refractivity contribution in [3.05, 3.63) is 29.7 Å². The normalized spacial score (nSPS) is 10.6. The first kappa shape index (κ1) is 10.0. The minimum absolute atomic E-state index is 0.279. The SMILES string of the molecule is Cc1nc(C(=O)OS)cc2ccn(C)c12. The molecule has 0 spiro atoms. The molecule has 0 aliphatic rings. The highest BCUT2D eigenvalue weighted by Gasteiger charge is 2.12. The highest BCUT2D eigenvalue weighted by atomic mass is 32.1. The summed E-state index contributed by atoms with van der Waals surface area (Å²) in [4.78, 5) is 15.4. The van der Waals surface area contributed by atoms with Gasteiger partial charge in [-0.1, -0.05) is 0 Å². The number of carbonyl (C=O) groups is 1. The smallest absolute Gasteiger partial charge is 0.368 e. The first-order valence-electron chi connectivity index (χ1n) is 4.42. The average Bonchev–Trinajstić information content (AvgIpc) is 2.59. The fraction of sp³-hybridized carbons (Fsp3) is 0.200. The highest BCUT2D eigenvalue weighted by molar-refractivity contribution is 7.75. The maximum Gasteiger partial charge on any atom is 0.368 e. The predicted octanol–water partition coefficient (Wildman–Crippen LogP) is 1.88. The number of rotatable bonds is 1. The second-order valence-corrected chi connectivity index (χ2v) is 3.52. The van der Waals surface area contributed by atoms with Crippen LogP contribution in [0.3, 0.4) is 0 Å². The van der Waals surface area contributed by atoms with E-state index in [0.29, 0.717) is 0 Å². The molecule has 4 nitrogen and oxygen atoms in total. The maximum atomic E-state index is 11.2. The Kier molecular flexibility index (Phi) is 2.40. The summed E-state index contributed by atoms with van der Waals surface area (Å²) in [5.74, 6) is -0.535. The van der Waals surface area contributed by atoms with Crippen LogP contribution in [0.25, 0.3) is 10.9 Å². The summed E-state index contributed by atoms with van der Waals surface area (Å²) < 4.78 is 6.30. The second kappa shape index (κ2) is 3.58. The quantitative estimate of drug-likeness (QED) is 0.592. The Morgan fingerprint density at radius 2 is 2.33 bits per heavy atom. The Bertz CT molecular complexity index is 533. The Morgan fingerprint density at radius 1 is 1.60 bits per heavy atom. The van der Waals surface area contributed by atoms with E-state index >= 15 is 0 Å². The lowest BCUT2D eigenvalue weighted by Crippen LogP contribution is -2.03. The van der Waals surface area contributed by atoms with Gasteiger partial charge in [-0.05, 0) is 19.1 Å². The number of carbonyl (C=O) groups excluding carboxylic acids is 1. The molecule has 0 amide bonds. The number of aromatic nitrogens is 2. The Morgan fingerprint density at radius 3 is 3.00 bits per heavy atom. The summed E-state index contributed by atoms with van der Waals surface area (Å²) in [7, 11) is 1.94.